The number of alkyl halides is 1. The maximum atomic E-state index is 13.0. The van der Waals surface area contributed by atoms with Crippen molar-refractivity contribution in [2.24, 2.45) is 5.73 Å². The normalized spacial score (nSPS) is 14.7. The molecular weight excluding hydrogens is 267 g/mol. The van der Waals surface area contributed by atoms with Crippen molar-refractivity contribution in [3.05, 3.63) is 0 Å². The molecule has 0 aliphatic carbocycles. The van der Waals surface area contributed by atoms with E-state index in [4.69, 9.17) is 19.9 Å². The van der Waals surface area contributed by atoms with Crippen LogP contribution in [0.1, 0.15) is 27.7 Å². The fraction of sp³-hybridized carbons (Fsp3) is 0.923. The molecule has 20 heavy (non-hydrogen) atoms. The minimum Gasteiger partial charge on any atom is -0.444 e. The Kier molecular flexibility index (Phi) is 9.45. The van der Waals surface area contributed by atoms with Gasteiger partial charge in [-0.3, -0.25) is 0 Å². The number of carbonyl (C=O) groups is 1. The van der Waals surface area contributed by atoms with Crippen molar-refractivity contribution in [1.29, 1.82) is 0 Å². The predicted octanol–water partition coefficient (Wildman–Crippen LogP) is 1.23. The number of alkyl carbamates (subject to hydrolysis) is 1. The molecule has 0 spiro atoms. The molecule has 0 aliphatic rings. The van der Waals surface area contributed by atoms with Crippen LogP contribution < -0.4 is 11.1 Å². The van der Waals surface area contributed by atoms with Crippen molar-refractivity contribution in [2.75, 3.05) is 32.9 Å². The van der Waals surface area contributed by atoms with Crippen LogP contribution in [0.4, 0.5) is 9.18 Å². The Morgan fingerprint density at radius 1 is 1.30 bits per heavy atom. The molecule has 120 valence electrons. The molecule has 0 rings (SSSR count). The molecule has 3 N–H and O–H groups in total. The van der Waals surface area contributed by atoms with E-state index in [2.05, 4.69) is 5.32 Å². The van der Waals surface area contributed by atoms with Gasteiger partial charge in [-0.15, -0.1) is 0 Å². The van der Waals surface area contributed by atoms with Crippen LogP contribution in [0, 0.1) is 0 Å². The van der Waals surface area contributed by atoms with E-state index in [9.17, 15) is 9.18 Å². The van der Waals surface area contributed by atoms with E-state index < -0.39 is 24.0 Å². The Labute approximate surface area is 120 Å². The number of halogens is 1. The van der Waals surface area contributed by atoms with E-state index >= 15 is 0 Å². The molecule has 0 saturated heterocycles. The first-order valence-corrected chi connectivity index (χ1v) is 6.76. The third-order valence-electron chi connectivity index (χ3n) is 2.26. The minimum atomic E-state index is -1.16. The topological polar surface area (TPSA) is 82.8 Å². The summed E-state index contributed by atoms with van der Waals surface area (Å²) in [4.78, 5) is 11.3. The molecule has 2 unspecified atom stereocenters. The van der Waals surface area contributed by atoms with Crippen LogP contribution in [-0.2, 0) is 14.2 Å². The van der Waals surface area contributed by atoms with Gasteiger partial charge in [0.2, 0.25) is 0 Å². The van der Waals surface area contributed by atoms with Crippen molar-refractivity contribution >= 4 is 6.09 Å². The SMILES string of the molecule is CC(OCCOCCNC(=O)OC(C)(C)C)C(F)CN. The number of ether oxygens (including phenoxy) is 3. The monoisotopic (exact) mass is 294 g/mol. The molecule has 0 bridgehead atoms. The summed E-state index contributed by atoms with van der Waals surface area (Å²) in [5.41, 5.74) is 4.66. The molecule has 7 heteroatoms. The fourth-order valence-electron chi connectivity index (χ4n) is 1.23. The zero-order valence-corrected chi connectivity index (χ0v) is 12.8. The van der Waals surface area contributed by atoms with Crippen molar-refractivity contribution in [2.45, 2.75) is 45.6 Å². The van der Waals surface area contributed by atoms with Gasteiger partial charge in [0.15, 0.2) is 0 Å². The number of carbonyl (C=O) groups excluding carboxylic acids is 1. The lowest BCUT2D eigenvalue weighted by Crippen LogP contribution is -2.34. The van der Waals surface area contributed by atoms with Gasteiger partial charge in [-0.2, -0.15) is 0 Å². The minimum absolute atomic E-state index is 0.0537. The van der Waals surface area contributed by atoms with Gasteiger partial charge < -0.3 is 25.3 Å². The summed E-state index contributed by atoms with van der Waals surface area (Å²) in [5.74, 6) is 0. The fourth-order valence-corrected chi connectivity index (χ4v) is 1.23. The molecular formula is C13H27FN2O4. The van der Waals surface area contributed by atoms with Gasteiger partial charge in [-0.05, 0) is 27.7 Å². The quantitative estimate of drug-likeness (QED) is 0.625. The predicted molar refractivity (Wildman–Crippen MR) is 74.4 cm³/mol. The standard InChI is InChI=1S/C13H27FN2O4/c1-10(11(14)9-15)19-8-7-18-6-5-16-12(17)20-13(2,3)4/h10-11H,5-9,15H2,1-4H3,(H,16,17). The van der Waals surface area contributed by atoms with E-state index in [0.717, 1.165) is 0 Å². The summed E-state index contributed by atoms with van der Waals surface area (Å²) in [6, 6.07) is 0. The van der Waals surface area contributed by atoms with Crippen LogP contribution in [0.5, 0.6) is 0 Å². The van der Waals surface area contributed by atoms with E-state index in [1.807, 2.05) is 0 Å². The Balaban J connectivity index is 3.43. The number of hydrogen-bond acceptors (Lipinski definition) is 5. The lowest BCUT2D eigenvalue weighted by Gasteiger charge is -2.19. The smallest absolute Gasteiger partial charge is 0.407 e. The Morgan fingerprint density at radius 2 is 1.95 bits per heavy atom. The number of hydrogen-bond donors (Lipinski definition) is 2. The van der Waals surface area contributed by atoms with E-state index in [0.29, 0.717) is 19.8 Å². The zero-order valence-electron chi connectivity index (χ0n) is 12.8. The first-order chi connectivity index (χ1) is 9.26. The largest absolute Gasteiger partial charge is 0.444 e. The molecule has 0 aromatic rings. The van der Waals surface area contributed by atoms with Crippen molar-refractivity contribution in [3.8, 4) is 0 Å². The van der Waals surface area contributed by atoms with E-state index in [1.54, 1.807) is 27.7 Å². The molecule has 0 heterocycles. The molecule has 0 aromatic carbocycles. The van der Waals surface area contributed by atoms with Crippen LogP contribution in [0.25, 0.3) is 0 Å². The van der Waals surface area contributed by atoms with Gasteiger partial charge >= 0.3 is 6.09 Å². The number of nitrogens with two attached hydrogens (primary N) is 1. The van der Waals surface area contributed by atoms with Gasteiger partial charge in [0.1, 0.15) is 11.8 Å². The maximum absolute atomic E-state index is 13.0. The van der Waals surface area contributed by atoms with Crippen LogP contribution in [-0.4, -0.2) is 56.9 Å². The summed E-state index contributed by atoms with van der Waals surface area (Å²) >= 11 is 0. The molecule has 2 atom stereocenters. The molecule has 0 fully saturated rings. The third-order valence-corrected chi connectivity index (χ3v) is 2.26. The van der Waals surface area contributed by atoms with Crippen molar-refractivity contribution in [1.82, 2.24) is 5.32 Å². The van der Waals surface area contributed by atoms with Gasteiger partial charge in [-0.1, -0.05) is 0 Å². The van der Waals surface area contributed by atoms with Gasteiger partial charge in [0, 0.05) is 13.1 Å². The molecule has 0 saturated carbocycles. The van der Waals surface area contributed by atoms with Gasteiger partial charge in [0.25, 0.3) is 0 Å². The highest BCUT2D eigenvalue weighted by Crippen LogP contribution is 2.06. The van der Waals surface area contributed by atoms with Gasteiger partial charge in [0.05, 0.1) is 25.9 Å². The average molecular weight is 294 g/mol. The zero-order chi connectivity index (χ0) is 15.6. The molecule has 6 nitrogen and oxygen atoms in total. The first-order valence-electron chi connectivity index (χ1n) is 6.76. The average Bonchev–Trinajstić information content (AvgIpc) is 2.34. The summed E-state index contributed by atoms with van der Waals surface area (Å²) in [5, 5.41) is 2.56. The Bertz CT molecular complexity index is 272. The highest BCUT2D eigenvalue weighted by molar-refractivity contribution is 5.67. The Hall–Kier alpha value is -0.920. The van der Waals surface area contributed by atoms with E-state index in [1.165, 1.54) is 0 Å². The summed E-state index contributed by atoms with van der Waals surface area (Å²) in [6.07, 6.45) is -2.18. The second-order valence-corrected chi connectivity index (χ2v) is 5.37. The van der Waals surface area contributed by atoms with Crippen LogP contribution in [0.2, 0.25) is 0 Å². The summed E-state index contributed by atoms with van der Waals surface area (Å²) in [6.45, 7) is 8.25. The second-order valence-electron chi connectivity index (χ2n) is 5.37. The lowest BCUT2D eigenvalue weighted by molar-refractivity contribution is -0.0190. The van der Waals surface area contributed by atoms with Crippen LogP contribution >= 0.6 is 0 Å². The molecule has 0 radical (unpaired) electrons. The Morgan fingerprint density at radius 3 is 2.50 bits per heavy atom. The third kappa shape index (κ3) is 11.0. The van der Waals surface area contributed by atoms with Gasteiger partial charge in [-0.25, -0.2) is 9.18 Å². The number of amides is 1. The van der Waals surface area contributed by atoms with Crippen molar-refractivity contribution in [3.63, 3.8) is 0 Å². The summed E-state index contributed by atoms with van der Waals surface area (Å²) < 4.78 is 28.5. The highest BCUT2D eigenvalue weighted by atomic mass is 19.1. The second kappa shape index (κ2) is 9.90. The number of nitrogens with one attached hydrogen (secondary N) is 1. The van der Waals surface area contributed by atoms with E-state index in [-0.39, 0.29) is 13.2 Å². The molecule has 1 amide bonds. The van der Waals surface area contributed by atoms with Crippen LogP contribution in [0.15, 0.2) is 0 Å². The molecule has 0 aliphatic heterocycles. The highest BCUT2D eigenvalue weighted by Gasteiger charge is 2.15. The maximum Gasteiger partial charge on any atom is 0.407 e. The lowest BCUT2D eigenvalue weighted by atomic mass is 10.2. The first kappa shape index (κ1) is 19.1. The number of rotatable bonds is 9. The molecule has 0 aromatic heterocycles. The van der Waals surface area contributed by atoms with Crippen LogP contribution in [0.3, 0.4) is 0 Å². The van der Waals surface area contributed by atoms with Crippen molar-refractivity contribution < 1.29 is 23.4 Å². The summed E-state index contributed by atoms with van der Waals surface area (Å²) in [7, 11) is 0.